The Morgan fingerprint density at radius 1 is 1.50 bits per heavy atom. The van der Waals surface area contributed by atoms with Crippen LogP contribution >= 0.6 is 22.9 Å². The lowest BCUT2D eigenvalue weighted by Crippen LogP contribution is -2.01. The topological polar surface area (TPSA) is 42.7 Å². The number of aryl methyl sites for hydroxylation is 2. The zero-order chi connectivity index (χ0) is 11.7. The third-order valence-electron chi connectivity index (χ3n) is 2.55. The molecule has 4 nitrogen and oxygen atoms in total. The van der Waals surface area contributed by atoms with Crippen molar-refractivity contribution in [2.24, 2.45) is 7.05 Å². The van der Waals surface area contributed by atoms with Crippen LogP contribution in [0.1, 0.15) is 17.0 Å². The van der Waals surface area contributed by atoms with Crippen LogP contribution in [0.3, 0.4) is 0 Å². The highest BCUT2D eigenvalue weighted by atomic mass is 35.5. The minimum Gasteiger partial charge on any atom is -0.357 e. The van der Waals surface area contributed by atoms with Gasteiger partial charge in [-0.15, -0.1) is 11.3 Å². The number of anilines is 1. The lowest BCUT2D eigenvalue weighted by molar-refractivity contribution is 0.730. The summed E-state index contributed by atoms with van der Waals surface area (Å²) in [6, 6.07) is 0. The van der Waals surface area contributed by atoms with Gasteiger partial charge in [0.15, 0.2) is 5.13 Å². The lowest BCUT2D eigenvalue weighted by atomic mass is 10.2. The first-order valence-corrected chi connectivity index (χ1v) is 6.17. The van der Waals surface area contributed by atoms with Crippen molar-refractivity contribution in [1.82, 2.24) is 14.8 Å². The highest BCUT2D eigenvalue weighted by Gasteiger charge is 2.09. The summed E-state index contributed by atoms with van der Waals surface area (Å²) in [5.74, 6) is 0. The quantitative estimate of drug-likeness (QED) is 0.918. The Morgan fingerprint density at radius 2 is 2.25 bits per heavy atom. The number of halogens is 1. The summed E-state index contributed by atoms with van der Waals surface area (Å²) >= 11 is 7.26. The van der Waals surface area contributed by atoms with Gasteiger partial charge in [-0.1, -0.05) is 11.6 Å². The van der Waals surface area contributed by atoms with E-state index in [0.29, 0.717) is 5.15 Å². The number of rotatable bonds is 3. The molecule has 0 unspecified atom stereocenters. The normalized spacial score (nSPS) is 10.8. The van der Waals surface area contributed by atoms with Gasteiger partial charge in [-0.2, -0.15) is 5.10 Å². The maximum atomic E-state index is 5.75. The Kier molecular flexibility index (Phi) is 3.16. The number of nitrogens with one attached hydrogen (secondary N) is 1. The molecule has 0 radical (unpaired) electrons. The zero-order valence-electron chi connectivity index (χ0n) is 9.41. The van der Waals surface area contributed by atoms with Crippen LogP contribution in [-0.2, 0) is 13.6 Å². The fraction of sp³-hybridized carbons (Fsp3) is 0.400. The highest BCUT2D eigenvalue weighted by Crippen LogP contribution is 2.20. The highest BCUT2D eigenvalue weighted by molar-refractivity contribution is 7.14. The molecule has 2 rings (SSSR count). The van der Waals surface area contributed by atoms with Crippen LogP contribution in [0.5, 0.6) is 0 Å². The molecule has 2 heterocycles. The van der Waals surface area contributed by atoms with Crippen molar-refractivity contribution >= 4 is 28.1 Å². The van der Waals surface area contributed by atoms with Gasteiger partial charge in [0.05, 0.1) is 5.69 Å². The van der Waals surface area contributed by atoms with E-state index in [1.54, 1.807) is 0 Å². The van der Waals surface area contributed by atoms with Crippen molar-refractivity contribution in [2.45, 2.75) is 20.4 Å². The molecule has 2 aromatic rings. The number of aromatic nitrogens is 3. The minimum absolute atomic E-state index is 0.534. The maximum absolute atomic E-state index is 5.75. The Hall–Kier alpha value is -1.07. The van der Waals surface area contributed by atoms with E-state index in [-0.39, 0.29) is 0 Å². The van der Waals surface area contributed by atoms with Crippen LogP contribution in [0.25, 0.3) is 0 Å². The fourth-order valence-corrected chi connectivity index (χ4v) is 2.41. The average molecular weight is 257 g/mol. The van der Waals surface area contributed by atoms with Gasteiger partial charge in [-0.3, -0.25) is 4.68 Å². The molecule has 0 aliphatic heterocycles. The maximum Gasteiger partial charge on any atom is 0.184 e. The Bertz CT molecular complexity index is 503. The summed E-state index contributed by atoms with van der Waals surface area (Å²) in [7, 11) is 1.95. The van der Waals surface area contributed by atoms with Gasteiger partial charge in [-0.25, -0.2) is 4.98 Å². The van der Waals surface area contributed by atoms with Gasteiger partial charge in [0, 0.05) is 30.2 Å². The van der Waals surface area contributed by atoms with Gasteiger partial charge in [0.25, 0.3) is 0 Å². The SMILES string of the molecule is Cc1nn(C)c(C)c1CNc1nc(Cl)cs1. The molecule has 1 N–H and O–H groups in total. The van der Waals surface area contributed by atoms with E-state index in [4.69, 9.17) is 11.6 Å². The first-order valence-electron chi connectivity index (χ1n) is 4.92. The second-order valence-electron chi connectivity index (χ2n) is 3.60. The number of hydrogen-bond donors (Lipinski definition) is 1. The lowest BCUT2D eigenvalue weighted by Gasteiger charge is -2.03. The van der Waals surface area contributed by atoms with E-state index in [9.17, 15) is 0 Å². The largest absolute Gasteiger partial charge is 0.357 e. The summed E-state index contributed by atoms with van der Waals surface area (Å²) in [6.07, 6.45) is 0. The van der Waals surface area contributed by atoms with E-state index >= 15 is 0 Å². The monoisotopic (exact) mass is 256 g/mol. The van der Waals surface area contributed by atoms with Gasteiger partial charge < -0.3 is 5.32 Å². The summed E-state index contributed by atoms with van der Waals surface area (Å²) in [5.41, 5.74) is 3.44. The molecule has 0 aliphatic rings. The molecule has 0 aliphatic carbocycles. The molecule has 0 saturated heterocycles. The molecule has 2 aromatic heterocycles. The number of nitrogens with zero attached hydrogens (tertiary/aromatic N) is 3. The standard InChI is InChI=1S/C10H13ClN4S/c1-6-8(7(2)15(3)14-6)4-12-10-13-9(11)5-16-10/h5H,4H2,1-3H3,(H,12,13). The fourth-order valence-electron chi connectivity index (χ4n) is 1.57. The average Bonchev–Trinajstić information content (AvgIpc) is 2.72. The molecular weight excluding hydrogens is 244 g/mol. The molecular formula is C10H13ClN4S. The van der Waals surface area contributed by atoms with Crippen molar-refractivity contribution in [1.29, 1.82) is 0 Å². The summed E-state index contributed by atoms with van der Waals surface area (Å²) < 4.78 is 1.89. The van der Waals surface area contributed by atoms with Crippen LogP contribution in [0.4, 0.5) is 5.13 Å². The molecule has 16 heavy (non-hydrogen) atoms. The number of thiazole rings is 1. The van der Waals surface area contributed by atoms with Gasteiger partial charge in [-0.05, 0) is 13.8 Å². The third-order valence-corrected chi connectivity index (χ3v) is 3.67. The molecule has 0 spiro atoms. The van der Waals surface area contributed by atoms with Crippen LogP contribution in [0.15, 0.2) is 5.38 Å². The van der Waals surface area contributed by atoms with E-state index in [0.717, 1.165) is 17.4 Å². The zero-order valence-corrected chi connectivity index (χ0v) is 11.0. The van der Waals surface area contributed by atoms with Crippen molar-refractivity contribution in [3.63, 3.8) is 0 Å². The third kappa shape index (κ3) is 2.20. The Morgan fingerprint density at radius 3 is 2.75 bits per heavy atom. The molecule has 86 valence electrons. The molecule has 0 amide bonds. The molecule has 0 fully saturated rings. The Balaban J connectivity index is 2.10. The van der Waals surface area contributed by atoms with Crippen molar-refractivity contribution in [2.75, 3.05) is 5.32 Å². The number of hydrogen-bond acceptors (Lipinski definition) is 4. The summed E-state index contributed by atoms with van der Waals surface area (Å²) in [4.78, 5) is 4.14. The van der Waals surface area contributed by atoms with E-state index in [2.05, 4.69) is 22.3 Å². The van der Waals surface area contributed by atoms with Gasteiger partial charge >= 0.3 is 0 Å². The first-order chi connectivity index (χ1) is 7.58. The van der Waals surface area contributed by atoms with Crippen molar-refractivity contribution < 1.29 is 0 Å². The second-order valence-corrected chi connectivity index (χ2v) is 4.85. The van der Waals surface area contributed by atoms with E-state index in [1.807, 2.05) is 24.0 Å². The van der Waals surface area contributed by atoms with Crippen LogP contribution in [0, 0.1) is 13.8 Å². The first kappa shape index (κ1) is 11.4. The predicted molar refractivity (Wildman–Crippen MR) is 67.1 cm³/mol. The van der Waals surface area contributed by atoms with Crippen molar-refractivity contribution in [3.05, 3.63) is 27.5 Å². The van der Waals surface area contributed by atoms with Crippen LogP contribution in [0.2, 0.25) is 5.15 Å². The molecule has 0 bridgehead atoms. The summed E-state index contributed by atoms with van der Waals surface area (Å²) in [6.45, 7) is 4.81. The summed E-state index contributed by atoms with van der Waals surface area (Å²) in [5, 5.41) is 10.8. The molecule has 0 saturated carbocycles. The van der Waals surface area contributed by atoms with E-state index < -0.39 is 0 Å². The second kappa shape index (κ2) is 4.43. The van der Waals surface area contributed by atoms with Crippen LogP contribution < -0.4 is 5.32 Å². The Labute approximate surface area is 103 Å². The molecule has 0 aromatic carbocycles. The van der Waals surface area contributed by atoms with Crippen molar-refractivity contribution in [3.8, 4) is 0 Å². The predicted octanol–water partition coefficient (Wildman–Crippen LogP) is 2.76. The van der Waals surface area contributed by atoms with Gasteiger partial charge in [0.1, 0.15) is 5.15 Å². The van der Waals surface area contributed by atoms with E-state index in [1.165, 1.54) is 22.6 Å². The smallest absolute Gasteiger partial charge is 0.184 e. The van der Waals surface area contributed by atoms with Gasteiger partial charge in [0.2, 0.25) is 0 Å². The molecule has 6 heteroatoms. The molecule has 0 atom stereocenters. The van der Waals surface area contributed by atoms with Crippen LogP contribution in [-0.4, -0.2) is 14.8 Å². The minimum atomic E-state index is 0.534.